The van der Waals surface area contributed by atoms with Crippen molar-refractivity contribution in [1.29, 1.82) is 0 Å². The summed E-state index contributed by atoms with van der Waals surface area (Å²) in [5.74, 6) is -0.207. The molecule has 0 aromatic heterocycles. The smallest absolute Gasteiger partial charge is 0.251 e. The van der Waals surface area contributed by atoms with Gasteiger partial charge in [-0.3, -0.25) is 9.59 Å². The van der Waals surface area contributed by atoms with Gasteiger partial charge in [-0.1, -0.05) is 22.0 Å². The highest BCUT2D eigenvalue weighted by Crippen LogP contribution is 2.15. The molecule has 1 heterocycles. The first kappa shape index (κ1) is 15.0. The van der Waals surface area contributed by atoms with Crippen molar-refractivity contribution in [2.24, 2.45) is 5.92 Å². The second kappa shape index (κ2) is 6.85. The van der Waals surface area contributed by atoms with Crippen molar-refractivity contribution < 1.29 is 14.7 Å². The predicted octanol–water partition coefficient (Wildman–Crippen LogP) is 1.02. The van der Waals surface area contributed by atoms with Crippen LogP contribution in [-0.2, 0) is 4.79 Å². The summed E-state index contributed by atoms with van der Waals surface area (Å²) >= 11 is 3.30. The molecule has 2 N–H and O–H groups in total. The Bertz CT molecular complexity index is 507. The Morgan fingerprint density at radius 1 is 1.45 bits per heavy atom. The molecule has 1 saturated heterocycles. The van der Waals surface area contributed by atoms with Gasteiger partial charge in [-0.15, -0.1) is 0 Å². The molecule has 1 aliphatic heterocycles. The Balaban J connectivity index is 1.83. The van der Waals surface area contributed by atoms with Crippen LogP contribution in [0.1, 0.15) is 16.8 Å². The molecule has 2 rings (SSSR count). The third-order valence-corrected chi connectivity index (χ3v) is 3.88. The van der Waals surface area contributed by atoms with Crippen LogP contribution in [0.4, 0.5) is 0 Å². The van der Waals surface area contributed by atoms with Gasteiger partial charge in [0.1, 0.15) is 0 Å². The molecule has 1 aromatic rings. The topological polar surface area (TPSA) is 69.6 Å². The molecule has 6 heteroatoms. The van der Waals surface area contributed by atoms with E-state index in [1.807, 2.05) is 6.07 Å². The first-order valence-electron chi connectivity index (χ1n) is 6.52. The average Bonchev–Trinajstić information content (AvgIpc) is 2.93. The number of carbonyl (C=O) groups is 2. The van der Waals surface area contributed by atoms with E-state index in [-0.39, 0.29) is 30.9 Å². The molecule has 2 amide bonds. The number of rotatable bonds is 4. The fraction of sp³-hybridized carbons (Fsp3) is 0.429. The van der Waals surface area contributed by atoms with E-state index in [1.165, 1.54) is 0 Å². The molecule has 5 nitrogen and oxygen atoms in total. The van der Waals surface area contributed by atoms with Crippen LogP contribution in [0.15, 0.2) is 28.7 Å². The number of carbonyl (C=O) groups excluding carboxylic acids is 2. The SMILES string of the molecule is O=C(NCC(=O)N1CCC(CO)C1)c1cccc(Br)c1. The zero-order chi connectivity index (χ0) is 14.5. The summed E-state index contributed by atoms with van der Waals surface area (Å²) < 4.78 is 0.821. The van der Waals surface area contributed by atoms with Gasteiger partial charge in [0.05, 0.1) is 6.54 Å². The molecule has 1 fully saturated rings. The van der Waals surface area contributed by atoms with Gasteiger partial charge in [0.25, 0.3) is 5.91 Å². The Morgan fingerprint density at radius 2 is 2.25 bits per heavy atom. The highest BCUT2D eigenvalue weighted by atomic mass is 79.9. The first-order chi connectivity index (χ1) is 9.60. The number of amides is 2. The number of nitrogens with zero attached hydrogens (tertiary/aromatic N) is 1. The average molecular weight is 341 g/mol. The van der Waals surface area contributed by atoms with Crippen LogP contribution >= 0.6 is 15.9 Å². The van der Waals surface area contributed by atoms with Crippen LogP contribution in [0.25, 0.3) is 0 Å². The fourth-order valence-electron chi connectivity index (χ4n) is 2.21. The Morgan fingerprint density at radius 3 is 2.90 bits per heavy atom. The van der Waals surface area contributed by atoms with Crippen molar-refractivity contribution in [3.05, 3.63) is 34.3 Å². The number of benzene rings is 1. The van der Waals surface area contributed by atoms with E-state index in [9.17, 15) is 9.59 Å². The van der Waals surface area contributed by atoms with Crippen LogP contribution in [0, 0.1) is 5.92 Å². The number of likely N-dealkylation sites (tertiary alicyclic amines) is 1. The van der Waals surface area contributed by atoms with Crippen LogP contribution in [0.5, 0.6) is 0 Å². The van der Waals surface area contributed by atoms with Crippen molar-refractivity contribution in [3.63, 3.8) is 0 Å². The highest BCUT2D eigenvalue weighted by molar-refractivity contribution is 9.10. The van der Waals surface area contributed by atoms with E-state index < -0.39 is 0 Å². The number of aliphatic hydroxyl groups is 1. The summed E-state index contributed by atoms with van der Waals surface area (Å²) in [6, 6.07) is 7.01. The molecule has 0 saturated carbocycles. The minimum atomic E-state index is -0.266. The monoisotopic (exact) mass is 340 g/mol. The molecule has 0 radical (unpaired) electrons. The van der Waals surface area contributed by atoms with E-state index in [1.54, 1.807) is 23.1 Å². The summed E-state index contributed by atoms with van der Waals surface area (Å²) in [7, 11) is 0. The number of aliphatic hydroxyl groups excluding tert-OH is 1. The van der Waals surface area contributed by atoms with Crippen LogP contribution < -0.4 is 5.32 Å². The molecule has 0 spiro atoms. The van der Waals surface area contributed by atoms with Gasteiger partial charge in [0.2, 0.25) is 5.91 Å². The maximum absolute atomic E-state index is 11.9. The number of hydrogen-bond acceptors (Lipinski definition) is 3. The van der Waals surface area contributed by atoms with Crippen molar-refractivity contribution in [2.75, 3.05) is 26.2 Å². The first-order valence-corrected chi connectivity index (χ1v) is 7.32. The Labute approximate surface area is 126 Å². The van der Waals surface area contributed by atoms with Gasteiger partial charge in [0.15, 0.2) is 0 Å². The molecule has 1 aromatic carbocycles. The minimum Gasteiger partial charge on any atom is -0.396 e. The quantitative estimate of drug-likeness (QED) is 0.859. The zero-order valence-electron chi connectivity index (χ0n) is 11.0. The van der Waals surface area contributed by atoms with E-state index in [0.717, 1.165) is 10.9 Å². The molecule has 0 bridgehead atoms. The largest absolute Gasteiger partial charge is 0.396 e. The molecule has 1 atom stereocenters. The third-order valence-electron chi connectivity index (χ3n) is 3.38. The van der Waals surface area contributed by atoms with Crippen LogP contribution in [0.2, 0.25) is 0 Å². The minimum absolute atomic E-state index is 0.0104. The predicted molar refractivity (Wildman–Crippen MR) is 78.2 cm³/mol. The Hall–Kier alpha value is -1.40. The molecule has 0 aliphatic carbocycles. The summed E-state index contributed by atoms with van der Waals surface area (Å²) in [5.41, 5.74) is 0.516. The second-order valence-corrected chi connectivity index (χ2v) is 5.79. The molecule has 1 unspecified atom stereocenters. The van der Waals surface area contributed by atoms with Gasteiger partial charge in [-0.05, 0) is 24.6 Å². The maximum atomic E-state index is 11.9. The van der Waals surface area contributed by atoms with Gasteiger partial charge >= 0.3 is 0 Å². The van der Waals surface area contributed by atoms with Crippen molar-refractivity contribution >= 4 is 27.7 Å². The summed E-state index contributed by atoms with van der Waals surface area (Å²) in [4.78, 5) is 25.5. The van der Waals surface area contributed by atoms with E-state index in [4.69, 9.17) is 5.11 Å². The van der Waals surface area contributed by atoms with Gasteiger partial charge in [-0.25, -0.2) is 0 Å². The lowest BCUT2D eigenvalue weighted by atomic mass is 10.1. The van der Waals surface area contributed by atoms with Crippen LogP contribution in [0.3, 0.4) is 0 Å². The fourth-order valence-corrected chi connectivity index (χ4v) is 2.61. The Kier molecular flexibility index (Phi) is 5.14. The maximum Gasteiger partial charge on any atom is 0.251 e. The summed E-state index contributed by atoms with van der Waals surface area (Å²) in [5, 5.41) is 11.7. The summed E-state index contributed by atoms with van der Waals surface area (Å²) in [6.45, 7) is 1.32. The molecule has 1 aliphatic rings. The van der Waals surface area contributed by atoms with Crippen molar-refractivity contribution in [2.45, 2.75) is 6.42 Å². The second-order valence-electron chi connectivity index (χ2n) is 4.87. The summed E-state index contributed by atoms with van der Waals surface area (Å²) in [6.07, 6.45) is 0.821. The number of halogens is 1. The van der Waals surface area contributed by atoms with Crippen molar-refractivity contribution in [1.82, 2.24) is 10.2 Å². The molecular weight excluding hydrogens is 324 g/mol. The standard InChI is InChI=1S/C14H17BrN2O3/c15-12-3-1-2-11(6-12)14(20)16-7-13(19)17-5-4-10(8-17)9-18/h1-3,6,10,18H,4-5,7-9H2,(H,16,20). The molecular formula is C14H17BrN2O3. The van der Waals surface area contributed by atoms with E-state index in [2.05, 4.69) is 21.2 Å². The van der Waals surface area contributed by atoms with E-state index >= 15 is 0 Å². The van der Waals surface area contributed by atoms with Crippen LogP contribution in [-0.4, -0.2) is 48.1 Å². The molecule has 108 valence electrons. The number of hydrogen-bond donors (Lipinski definition) is 2. The van der Waals surface area contributed by atoms with Gasteiger partial charge in [0, 0.05) is 35.7 Å². The van der Waals surface area contributed by atoms with Gasteiger partial charge in [-0.2, -0.15) is 0 Å². The lowest BCUT2D eigenvalue weighted by molar-refractivity contribution is -0.129. The molecule has 20 heavy (non-hydrogen) atoms. The van der Waals surface area contributed by atoms with E-state index in [0.29, 0.717) is 18.7 Å². The number of nitrogens with one attached hydrogen (secondary N) is 1. The van der Waals surface area contributed by atoms with Gasteiger partial charge < -0.3 is 15.3 Å². The lowest BCUT2D eigenvalue weighted by Crippen LogP contribution is -2.39. The highest BCUT2D eigenvalue weighted by Gasteiger charge is 2.25. The third kappa shape index (κ3) is 3.80. The zero-order valence-corrected chi connectivity index (χ0v) is 12.6. The van der Waals surface area contributed by atoms with Crippen molar-refractivity contribution in [3.8, 4) is 0 Å². The lowest BCUT2D eigenvalue weighted by Gasteiger charge is -2.16. The normalized spacial score (nSPS) is 18.1.